The highest BCUT2D eigenvalue weighted by Crippen LogP contribution is 2.20. The molecule has 31 heavy (non-hydrogen) atoms. The summed E-state index contributed by atoms with van der Waals surface area (Å²) >= 11 is 0. The summed E-state index contributed by atoms with van der Waals surface area (Å²) in [5.74, 6) is 0.0549. The van der Waals surface area contributed by atoms with E-state index < -0.39 is 0 Å². The minimum Gasteiger partial charge on any atom is -0.351 e. The van der Waals surface area contributed by atoms with Gasteiger partial charge in [-0.1, -0.05) is 96.5 Å². The second-order valence-electron chi connectivity index (χ2n) is 9.48. The Morgan fingerprint density at radius 3 is 2.00 bits per heavy atom. The third-order valence-corrected chi connectivity index (χ3v) is 6.86. The molecule has 0 aromatic rings. The zero-order chi connectivity index (χ0) is 22.6. The zero-order valence-corrected chi connectivity index (χ0v) is 21.0. The van der Waals surface area contributed by atoms with Gasteiger partial charge in [0, 0.05) is 6.92 Å². The number of amides is 1. The molecule has 1 aliphatic rings. The molecule has 2 unspecified atom stereocenters. The van der Waals surface area contributed by atoms with Gasteiger partial charge in [-0.25, -0.2) is 4.99 Å². The van der Waals surface area contributed by atoms with Crippen LogP contribution in [0, 0.1) is 0 Å². The van der Waals surface area contributed by atoms with E-state index in [0.29, 0.717) is 0 Å². The monoisotopic (exact) mass is 434 g/mol. The van der Waals surface area contributed by atoms with E-state index >= 15 is 0 Å². The number of carbonyl (C=O) groups excluding carboxylic acids is 1. The molecule has 1 amide bonds. The predicted octanol–water partition coefficient (Wildman–Crippen LogP) is 6.80. The van der Waals surface area contributed by atoms with Crippen LogP contribution in [0.5, 0.6) is 0 Å². The summed E-state index contributed by atoms with van der Waals surface area (Å²) in [6, 6.07) is 0. The van der Waals surface area contributed by atoms with E-state index in [-0.39, 0.29) is 12.1 Å². The standard InChI is InChI=1S/C27H51N3O/c1-4-6-7-8-9-10-11-12-13-14-15-16-17-18-19-20-21-27-29-23-25-30(27,5-2)24-22-28-26(3)31/h20-21,23,27H,4-19,22,24-25H2,1-3H3/p+1/b21-20+. The van der Waals surface area contributed by atoms with Gasteiger partial charge >= 0.3 is 0 Å². The Bertz CT molecular complexity index is 503. The highest BCUT2D eigenvalue weighted by atomic mass is 16.1. The highest BCUT2D eigenvalue weighted by molar-refractivity contribution is 5.72. The molecule has 0 saturated heterocycles. The second kappa shape index (κ2) is 18.4. The number of hydrogen-bond donors (Lipinski definition) is 1. The quantitative estimate of drug-likeness (QED) is 0.128. The Hall–Kier alpha value is -1.16. The Kier molecular flexibility index (Phi) is 16.6. The normalized spacial score (nSPS) is 20.7. The second-order valence-corrected chi connectivity index (χ2v) is 9.48. The first kappa shape index (κ1) is 27.9. The van der Waals surface area contributed by atoms with Crippen LogP contribution in [-0.4, -0.2) is 48.9 Å². The lowest BCUT2D eigenvalue weighted by molar-refractivity contribution is -0.928. The lowest BCUT2D eigenvalue weighted by atomic mass is 10.0. The van der Waals surface area contributed by atoms with Crippen molar-refractivity contribution in [2.24, 2.45) is 4.99 Å². The molecule has 0 fully saturated rings. The van der Waals surface area contributed by atoms with Crippen molar-refractivity contribution in [2.75, 3.05) is 26.2 Å². The molecule has 0 bridgehead atoms. The SMILES string of the molecule is CCCCCCCCCCCCCCCC/C=C/C1N=CC[N+]1(CC)CCNC(C)=O. The first-order valence-electron chi connectivity index (χ1n) is 13.4. The van der Waals surface area contributed by atoms with E-state index in [1.54, 1.807) is 6.92 Å². The summed E-state index contributed by atoms with van der Waals surface area (Å²) in [5.41, 5.74) is 0. The molecule has 0 saturated carbocycles. The van der Waals surface area contributed by atoms with E-state index in [4.69, 9.17) is 4.99 Å². The van der Waals surface area contributed by atoms with E-state index in [1.165, 1.54) is 96.3 Å². The minimum atomic E-state index is 0.0549. The summed E-state index contributed by atoms with van der Waals surface area (Å²) in [6.45, 7) is 9.82. The van der Waals surface area contributed by atoms with Crippen molar-refractivity contribution in [3.8, 4) is 0 Å². The Morgan fingerprint density at radius 1 is 0.935 bits per heavy atom. The van der Waals surface area contributed by atoms with Crippen LogP contribution >= 0.6 is 0 Å². The van der Waals surface area contributed by atoms with Crippen molar-refractivity contribution >= 4 is 12.1 Å². The molecule has 2 atom stereocenters. The fourth-order valence-corrected chi connectivity index (χ4v) is 4.63. The van der Waals surface area contributed by atoms with Gasteiger partial charge in [-0.05, 0) is 25.8 Å². The number of quaternary nitrogens is 1. The van der Waals surface area contributed by atoms with Crippen molar-refractivity contribution < 1.29 is 9.28 Å². The molecule has 1 aliphatic heterocycles. The van der Waals surface area contributed by atoms with Crippen LogP contribution in [0.3, 0.4) is 0 Å². The third kappa shape index (κ3) is 13.1. The van der Waals surface area contributed by atoms with Gasteiger partial charge in [-0.3, -0.25) is 9.28 Å². The number of rotatable bonds is 20. The number of allylic oxidation sites excluding steroid dienone is 1. The molecule has 4 nitrogen and oxygen atoms in total. The maximum absolute atomic E-state index is 11.2. The first-order valence-corrected chi connectivity index (χ1v) is 13.4. The van der Waals surface area contributed by atoms with Crippen molar-refractivity contribution in [2.45, 2.75) is 123 Å². The lowest BCUT2D eigenvalue weighted by Crippen LogP contribution is -2.54. The van der Waals surface area contributed by atoms with Gasteiger partial charge in [0.1, 0.15) is 6.54 Å². The number of likely N-dealkylation sites (N-methyl/N-ethyl adjacent to an activating group) is 1. The van der Waals surface area contributed by atoms with Crippen molar-refractivity contribution in [3.63, 3.8) is 0 Å². The highest BCUT2D eigenvalue weighted by Gasteiger charge is 2.35. The number of hydrogen-bond acceptors (Lipinski definition) is 2. The fraction of sp³-hybridized carbons (Fsp3) is 0.852. The van der Waals surface area contributed by atoms with Crippen LogP contribution < -0.4 is 5.32 Å². The molecule has 0 aromatic heterocycles. The Balaban J connectivity index is 2.00. The van der Waals surface area contributed by atoms with Crippen LogP contribution in [0.4, 0.5) is 0 Å². The molecule has 180 valence electrons. The lowest BCUT2D eigenvalue weighted by Gasteiger charge is -2.36. The van der Waals surface area contributed by atoms with E-state index in [9.17, 15) is 4.79 Å². The molecular formula is C27H52N3O+. The smallest absolute Gasteiger partial charge is 0.217 e. The molecule has 1 rings (SSSR count). The number of unbranched alkanes of at least 4 members (excludes halogenated alkanes) is 14. The molecule has 4 heteroatoms. The molecule has 0 aliphatic carbocycles. The predicted molar refractivity (Wildman–Crippen MR) is 136 cm³/mol. The Morgan fingerprint density at radius 2 is 1.48 bits per heavy atom. The first-order chi connectivity index (χ1) is 15.1. The minimum absolute atomic E-state index is 0.0549. The number of aliphatic imine (C=N–C) groups is 1. The van der Waals surface area contributed by atoms with E-state index in [1.807, 2.05) is 0 Å². The number of nitrogens with one attached hydrogen (secondary N) is 1. The summed E-state index contributed by atoms with van der Waals surface area (Å²) in [6.07, 6.45) is 27.9. The molecule has 1 heterocycles. The maximum Gasteiger partial charge on any atom is 0.217 e. The average Bonchev–Trinajstić information content (AvgIpc) is 3.16. The van der Waals surface area contributed by atoms with Gasteiger partial charge in [0.05, 0.1) is 25.8 Å². The molecular weight excluding hydrogens is 382 g/mol. The van der Waals surface area contributed by atoms with Crippen molar-refractivity contribution in [1.29, 1.82) is 0 Å². The fourth-order valence-electron chi connectivity index (χ4n) is 4.63. The number of carbonyl (C=O) groups is 1. The summed E-state index contributed by atoms with van der Waals surface area (Å²) in [5, 5.41) is 2.94. The zero-order valence-electron chi connectivity index (χ0n) is 21.0. The molecule has 0 spiro atoms. The summed E-state index contributed by atoms with van der Waals surface area (Å²) < 4.78 is 0.940. The van der Waals surface area contributed by atoms with E-state index in [2.05, 4.69) is 37.5 Å². The van der Waals surface area contributed by atoms with Gasteiger partial charge in [-0.2, -0.15) is 0 Å². The van der Waals surface area contributed by atoms with Crippen molar-refractivity contribution in [1.82, 2.24) is 5.32 Å². The van der Waals surface area contributed by atoms with Gasteiger partial charge in [0.2, 0.25) is 12.1 Å². The average molecular weight is 435 g/mol. The molecule has 0 aromatic carbocycles. The van der Waals surface area contributed by atoms with Gasteiger partial charge in [0.15, 0.2) is 0 Å². The maximum atomic E-state index is 11.2. The van der Waals surface area contributed by atoms with Crippen LogP contribution in [0.2, 0.25) is 0 Å². The Labute approximate surface area is 193 Å². The van der Waals surface area contributed by atoms with Crippen molar-refractivity contribution in [3.05, 3.63) is 12.2 Å². The summed E-state index contributed by atoms with van der Waals surface area (Å²) in [4.78, 5) is 15.9. The van der Waals surface area contributed by atoms with Gasteiger partial charge < -0.3 is 5.32 Å². The van der Waals surface area contributed by atoms with Crippen LogP contribution in [0.15, 0.2) is 17.1 Å². The topological polar surface area (TPSA) is 41.5 Å². The van der Waals surface area contributed by atoms with Crippen LogP contribution in [0.25, 0.3) is 0 Å². The molecule has 1 N–H and O–H groups in total. The molecule has 0 radical (unpaired) electrons. The number of nitrogens with zero attached hydrogens (tertiary/aromatic N) is 2. The van der Waals surface area contributed by atoms with Gasteiger partial charge in [0.25, 0.3) is 0 Å². The van der Waals surface area contributed by atoms with Crippen LogP contribution in [0.1, 0.15) is 117 Å². The largest absolute Gasteiger partial charge is 0.351 e. The summed E-state index contributed by atoms with van der Waals surface area (Å²) in [7, 11) is 0. The van der Waals surface area contributed by atoms with Crippen LogP contribution in [-0.2, 0) is 4.79 Å². The van der Waals surface area contributed by atoms with E-state index in [0.717, 1.165) is 30.7 Å². The van der Waals surface area contributed by atoms with Gasteiger partial charge in [-0.15, -0.1) is 0 Å². The third-order valence-electron chi connectivity index (χ3n) is 6.86.